The largest absolute Gasteiger partial charge is 0.380 e. The van der Waals surface area contributed by atoms with Crippen LogP contribution in [0.2, 0.25) is 0 Å². The van der Waals surface area contributed by atoms with Crippen molar-refractivity contribution in [2.24, 2.45) is 5.73 Å². The topological polar surface area (TPSA) is 35.2 Å². The summed E-state index contributed by atoms with van der Waals surface area (Å²) in [6.45, 7) is 3.29. The second-order valence-corrected chi connectivity index (χ2v) is 2.68. The van der Waals surface area contributed by atoms with Gasteiger partial charge in [-0.1, -0.05) is 30.3 Å². The Morgan fingerprint density at radius 3 is 2.46 bits per heavy atom. The number of ether oxygens (including phenoxy) is 1. The number of hydrogen-bond acceptors (Lipinski definition) is 2. The summed E-state index contributed by atoms with van der Waals surface area (Å²) in [6.07, 6.45) is 0. The van der Waals surface area contributed by atoms with Crippen LogP contribution >= 0.6 is 12.4 Å². The van der Waals surface area contributed by atoms with Gasteiger partial charge in [0.2, 0.25) is 0 Å². The van der Waals surface area contributed by atoms with Crippen molar-refractivity contribution in [2.75, 3.05) is 13.2 Å². The Morgan fingerprint density at radius 2 is 1.92 bits per heavy atom. The van der Waals surface area contributed by atoms with Crippen molar-refractivity contribution in [1.29, 1.82) is 0 Å². The first-order valence-corrected chi connectivity index (χ1v) is 4.23. The quantitative estimate of drug-likeness (QED) is 0.810. The molecule has 0 saturated carbocycles. The third-order valence-electron chi connectivity index (χ3n) is 1.73. The van der Waals surface area contributed by atoms with E-state index in [-0.39, 0.29) is 18.4 Å². The molecule has 2 nitrogen and oxygen atoms in total. The van der Waals surface area contributed by atoms with Crippen molar-refractivity contribution in [2.45, 2.75) is 13.0 Å². The van der Waals surface area contributed by atoms with E-state index in [0.717, 1.165) is 12.2 Å². The van der Waals surface area contributed by atoms with Crippen LogP contribution in [0, 0.1) is 0 Å². The van der Waals surface area contributed by atoms with E-state index in [0.29, 0.717) is 6.61 Å². The lowest BCUT2D eigenvalue weighted by molar-refractivity contribution is 0.133. The van der Waals surface area contributed by atoms with Crippen molar-refractivity contribution in [3.63, 3.8) is 0 Å². The number of halogens is 1. The predicted molar refractivity (Wildman–Crippen MR) is 57.1 cm³/mol. The van der Waals surface area contributed by atoms with Gasteiger partial charge in [0.1, 0.15) is 0 Å². The van der Waals surface area contributed by atoms with Gasteiger partial charge in [-0.05, 0) is 12.5 Å². The van der Waals surface area contributed by atoms with Crippen LogP contribution in [0.25, 0.3) is 0 Å². The third-order valence-corrected chi connectivity index (χ3v) is 1.73. The monoisotopic (exact) mass is 201 g/mol. The molecule has 1 rings (SSSR count). The SMILES string of the molecule is CCOC[C@@H](N)c1ccccc1.Cl. The molecule has 1 aromatic rings. The molecule has 0 unspecified atom stereocenters. The lowest BCUT2D eigenvalue weighted by Gasteiger charge is -2.10. The maximum absolute atomic E-state index is 5.86. The van der Waals surface area contributed by atoms with E-state index >= 15 is 0 Å². The number of hydrogen-bond donors (Lipinski definition) is 1. The Labute approximate surface area is 85.5 Å². The predicted octanol–water partition coefficient (Wildman–Crippen LogP) is 2.14. The van der Waals surface area contributed by atoms with Crippen LogP contribution in [0.5, 0.6) is 0 Å². The van der Waals surface area contributed by atoms with Gasteiger partial charge in [-0.25, -0.2) is 0 Å². The molecule has 2 N–H and O–H groups in total. The zero-order valence-corrected chi connectivity index (χ0v) is 8.59. The van der Waals surface area contributed by atoms with E-state index in [1.54, 1.807) is 0 Å². The summed E-state index contributed by atoms with van der Waals surface area (Å²) in [7, 11) is 0. The minimum absolute atomic E-state index is 0. The summed E-state index contributed by atoms with van der Waals surface area (Å²) in [4.78, 5) is 0. The molecule has 0 saturated heterocycles. The maximum Gasteiger partial charge on any atom is 0.0659 e. The molecule has 13 heavy (non-hydrogen) atoms. The molecule has 1 atom stereocenters. The van der Waals surface area contributed by atoms with Crippen molar-refractivity contribution in [1.82, 2.24) is 0 Å². The first kappa shape index (κ1) is 12.4. The average Bonchev–Trinajstić information content (AvgIpc) is 2.15. The van der Waals surface area contributed by atoms with Crippen LogP contribution < -0.4 is 5.73 Å². The second-order valence-electron chi connectivity index (χ2n) is 2.68. The first-order chi connectivity index (χ1) is 5.84. The number of nitrogens with two attached hydrogens (primary N) is 1. The molecule has 0 heterocycles. The van der Waals surface area contributed by atoms with E-state index in [1.807, 2.05) is 37.3 Å². The van der Waals surface area contributed by atoms with Crippen molar-refractivity contribution >= 4 is 12.4 Å². The highest BCUT2D eigenvalue weighted by Gasteiger charge is 2.03. The molecule has 0 aliphatic rings. The van der Waals surface area contributed by atoms with Crippen molar-refractivity contribution in [3.8, 4) is 0 Å². The molecule has 0 amide bonds. The highest BCUT2D eigenvalue weighted by Crippen LogP contribution is 2.08. The normalized spacial score (nSPS) is 11.8. The fraction of sp³-hybridized carbons (Fsp3) is 0.400. The molecule has 0 bridgehead atoms. The van der Waals surface area contributed by atoms with E-state index in [1.165, 1.54) is 0 Å². The Hall–Kier alpha value is -0.570. The summed E-state index contributed by atoms with van der Waals surface area (Å²) in [5.74, 6) is 0. The van der Waals surface area contributed by atoms with Gasteiger partial charge in [-0.2, -0.15) is 0 Å². The molecular formula is C10H16ClNO. The Balaban J connectivity index is 0.00000144. The van der Waals surface area contributed by atoms with Gasteiger partial charge < -0.3 is 10.5 Å². The van der Waals surface area contributed by atoms with Crippen LogP contribution in [0.4, 0.5) is 0 Å². The van der Waals surface area contributed by atoms with E-state index in [4.69, 9.17) is 10.5 Å². The minimum Gasteiger partial charge on any atom is -0.380 e. The zero-order valence-electron chi connectivity index (χ0n) is 7.77. The average molecular weight is 202 g/mol. The van der Waals surface area contributed by atoms with Crippen LogP contribution in [-0.4, -0.2) is 13.2 Å². The van der Waals surface area contributed by atoms with Crippen molar-refractivity contribution in [3.05, 3.63) is 35.9 Å². The summed E-state index contributed by atoms with van der Waals surface area (Å²) in [5, 5.41) is 0. The van der Waals surface area contributed by atoms with Gasteiger partial charge in [0.05, 0.1) is 12.6 Å². The standard InChI is InChI=1S/C10H15NO.ClH/c1-2-12-8-10(11)9-6-4-3-5-7-9;/h3-7,10H,2,8,11H2,1H3;1H/t10-;/m1./s1. The lowest BCUT2D eigenvalue weighted by Crippen LogP contribution is -2.16. The van der Waals surface area contributed by atoms with Gasteiger partial charge in [0.25, 0.3) is 0 Å². The molecular weight excluding hydrogens is 186 g/mol. The van der Waals surface area contributed by atoms with Gasteiger partial charge >= 0.3 is 0 Å². The van der Waals surface area contributed by atoms with Crippen LogP contribution in [0.1, 0.15) is 18.5 Å². The highest BCUT2D eigenvalue weighted by molar-refractivity contribution is 5.85. The summed E-state index contributed by atoms with van der Waals surface area (Å²) in [6, 6.07) is 10.00. The molecule has 74 valence electrons. The van der Waals surface area contributed by atoms with E-state index in [9.17, 15) is 0 Å². The van der Waals surface area contributed by atoms with Crippen LogP contribution in [0.3, 0.4) is 0 Å². The minimum atomic E-state index is 0. The van der Waals surface area contributed by atoms with Gasteiger partial charge in [-0.15, -0.1) is 12.4 Å². The third kappa shape index (κ3) is 4.27. The highest BCUT2D eigenvalue weighted by atomic mass is 35.5. The number of benzene rings is 1. The molecule has 0 radical (unpaired) electrons. The Bertz CT molecular complexity index is 215. The fourth-order valence-corrected chi connectivity index (χ4v) is 1.04. The van der Waals surface area contributed by atoms with Crippen LogP contribution in [0.15, 0.2) is 30.3 Å². The van der Waals surface area contributed by atoms with E-state index in [2.05, 4.69) is 0 Å². The lowest BCUT2D eigenvalue weighted by atomic mass is 10.1. The smallest absolute Gasteiger partial charge is 0.0659 e. The molecule has 0 aliphatic carbocycles. The Morgan fingerprint density at radius 1 is 1.31 bits per heavy atom. The first-order valence-electron chi connectivity index (χ1n) is 4.23. The molecule has 1 aromatic carbocycles. The molecule has 0 fully saturated rings. The van der Waals surface area contributed by atoms with Gasteiger partial charge in [0, 0.05) is 6.61 Å². The molecule has 3 heteroatoms. The van der Waals surface area contributed by atoms with Gasteiger partial charge in [-0.3, -0.25) is 0 Å². The molecule has 0 aliphatic heterocycles. The zero-order chi connectivity index (χ0) is 8.81. The summed E-state index contributed by atoms with van der Waals surface area (Å²) in [5.41, 5.74) is 6.99. The summed E-state index contributed by atoms with van der Waals surface area (Å²) >= 11 is 0. The summed E-state index contributed by atoms with van der Waals surface area (Å²) < 4.78 is 5.22. The van der Waals surface area contributed by atoms with E-state index < -0.39 is 0 Å². The van der Waals surface area contributed by atoms with Crippen LogP contribution in [-0.2, 0) is 4.74 Å². The van der Waals surface area contributed by atoms with Gasteiger partial charge in [0.15, 0.2) is 0 Å². The molecule has 0 aromatic heterocycles. The Kier molecular flexibility index (Phi) is 6.59. The van der Waals surface area contributed by atoms with Crippen molar-refractivity contribution < 1.29 is 4.74 Å². The molecule has 0 spiro atoms. The maximum atomic E-state index is 5.86. The number of rotatable bonds is 4. The fourth-order valence-electron chi connectivity index (χ4n) is 1.04. The second kappa shape index (κ2) is 6.89.